The molecule has 394 valence electrons. The molecular weight excluding hydrogens is 979 g/mol. The summed E-state index contributed by atoms with van der Waals surface area (Å²) in [7, 11) is 6.78. The molecule has 5 aromatic rings. The van der Waals surface area contributed by atoms with Gasteiger partial charge in [0.25, 0.3) is 0 Å². The van der Waals surface area contributed by atoms with Gasteiger partial charge in [-0.3, -0.25) is 28.9 Å². The first-order valence-corrected chi connectivity index (χ1v) is 24.7. The minimum absolute atomic E-state index is 0.00275. The molecule has 1 spiro atoms. The molecule has 3 amide bonds. The monoisotopic (exact) mass is 1040 g/mol. The van der Waals surface area contributed by atoms with Gasteiger partial charge in [-0.05, 0) is 82.3 Å². The number of methoxy groups -OCH3 is 5. The second kappa shape index (κ2) is 22.7. The van der Waals surface area contributed by atoms with E-state index >= 15 is 14.4 Å². The second-order valence-corrected chi connectivity index (χ2v) is 18.5. The van der Waals surface area contributed by atoms with Gasteiger partial charge in [-0.25, -0.2) is 9.69 Å². The molecule has 5 aromatic carbocycles. The summed E-state index contributed by atoms with van der Waals surface area (Å²) < 4.78 is 44.7. The van der Waals surface area contributed by atoms with Crippen LogP contribution in [0.1, 0.15) is 63.6 Å². The molecule has 76 heavy (non-hydrogen) atoms. The number of hydrogen-bond acceptors (Lipinski definition) is 16. The van der Waals surface area contributed by atoms with Crippen LogP contribution in [0.4, 0.5) is 10.5 Å². The topological polar surface area (TPSA) is 206 Å². The Bertz CT molecular complexity index is 3070. The zero-order valence-corrected chi connectivity index (χ0v) is 42.6. The molecule has 1 unspecified atom stereocenters. The third kappa shape index (κ3) is 9.46. The van der Waals surface area contributed by atoms with E-state index in [1.54, 1.807) is 54.5 Å². The van der Waals surface area contributed by atoms with E-state index < -0.39 is 77.3 Å². The first-order valence-electron chi connectivity index (χ1n) is 24.7. The molecule has 0 bridgehead atoms. The van der Waals surface area contributed by atoms with Crippen molar-refractivity contribution in [2.75, 3.05) is 73.4 Å². The Morgan fingerprint density at radius 1 is 0.750 bits per heavy atom. The van der Waals surface area contributed by atoms with Crippen LogP contribution in [-0.2, 0) is 66.0 Å². The number of benzene rings is 5. The summed E-state index contributed by atoms with van der Waals surface area (Å²) >= 11 is 0. The van der Waals surface area contributed by atoms with E-state index in [1.165, 1.54) is 20.3 Å². The summed E-state index contributed by atoms with van der Waals surface area (Å²) in [6, 6.07) is 30.1. The lowest BCUT2D eigenvalue weighted by atomic mass is 9.64. The highest BCUT2D eigenvalue weighted by Crippen LogP contribution is 2.66. The Balaban J connectivity index is 1.35. The van der Waals surface area contributed by atoms with Crippen LogP contribution in [0.3, 0.4) is 0 Å². The fourth-order valence-corrected chi connectivity index (χ4v) is 11.2. The third-order valence-corrected chi connectivity index (χ3v) is 14.5. The Morgan fingerprint density at radius 3 is 2.08 bits per heavy atom. The van der Waals surface area contributed by atoms with E-state index in [9.17, 15) is 19.5 Å². The lowest BCUT2D eigenvalue weighted by molar-refractivity contribution is -0.179. The van der Waals surface area contributed by atoms with Crippen LogP contribution < -0.4 is 19.1 Å². The summed E-state index contributed by atoms with van der Waals surface area (Å²) in [4.78, 5) is 93.6. The number of rotatable bonds is 15. The summed E-state index contributed by atoms with van der Waals surface area (Å²) in [6.45, 7) is -0.416. The van der Waals surface area contributed by atoms with Gasteiger partial charge in [-0.1, -0.05) is 84.6 Å². The Hall–Kier alpha value is -8.24. The van der Waals surface area contributed by atoms with Crippen molar-refractivity contribution in [1.82, 2.24) is 9.80 Å². The third-order valence-electron chi connectivity index (χ3n) is 14.5. The van der Waals surface area contributed by atoms with Crippen LogP contribution in [0.25, 0.3) is 0 Å². The molecule has 0 aromatic heterocycles. The molecule has 0 radical (unpaired) electrons. The molecule has 6 atom stereocenters. The molecule has 0 saturated carbocycles. The maximum Gasteiger partial charge on any atom is 0.421 e. The average Bonchev–Trinajstić information content (AvgIpc) is 3.94. The quantitative estimate of drug-likeness (QED) is 0.0432. The minimum atomic E-state index is -2.19. The standard InChI is InChI=1S/C58H57N3O15/c1-69-28-29-75-57(68)60-44-23-22-35(14-12-21-42(53(64)72-4)54(65)73-5)30-43(44)58(56(60)67)47(52(63)59-25-24-38-32-45(70-2)46(71-3)33-40(38)34-59)49-55(66)76-50(37-17-10-7-11-18-37)48(36-15-8-6-9-16-36)61(49)51(58)39-19-13-20-41(31-39)74-27-26-62/h6-11,13,15-20,22-23,30-33,42,47-51,62H,21,24-29,34H2,1-5H3/t47?,48-,49-,50+,51+,58-/m1/s1. The second-order valence-electron chi connectivity index (χ2n) is 18.5. The first-order chi connectivity index (χ1) is 36.9. The van der Waals surface area contributed by atoms with E-state index in [2.05, 4.69) is 11.8 Å². The predicted molar refractivity (Wildman–Crippen MR) is 272 cm³/mol. The van der Waals surface area contributed by atoms with Crippen molar-refractivity contribution >= 4 is 41.5 Å². The zero-order chi connectivity index (χ0) is 53.7. The van der Waals surface area contributed by atoms with E-state index in [4.69, 9.17) is 37.9 Å². The predicted octanol–water partition coefficient (Wildman–Crippen LogP) is 5.81. The number of nitrogens with zero attached hydrogens (tertiary/aromatic N) is 3. The number of hydrogen-bond donors (Lipinski definition) is 1. The van der Waals surface area contributed by atoms with Gasteiger partial charge in [-0.2, -0.15) is 0 Å². The van der Waals surface area contributed by atoms with Crippen LogP contribution in [0.5, 0.6) is 17.2 Å². The zero-order valence-electron chi connectivity index (χ0n) is 42.6. The number of carbonyl (C=O) groups is 6. The smallest absolute Gasteiger partial charge is 0.421 e. The fraction of sp³-hybridized carbons (Fsp3) is 0.345. The number of cyclic esters (lactones) is 1. The van der Waals surface area contributed by atoms with Crippen LogP contribution in [-0.4, -0.2) is 125 Å². The molecule has 9 rings (SSSR count). The number of ether oxygens (including phenoxy) is 8. The van der Waals surface area contributed by atoms with Gasteiger partial charge in [0.1, 0.15) is 36.5 Å². The molecule has 18 nitrogen and oxygen atoms in total. The highest BCUT2D eigenvalue weighted by atomic mass is 16.6. The van der Waals surface area contributed by atoms with Gasteiger partial charge in [0.05, 0.1) is 65.3 Å². The van der Waals surface area contributed by atoms with Gasteiger partial charge in [0.2, 0.25) is 11.8 Å². The number of fused-ring (bicyclic) bond motifs is 4. The molecular formula is C58H57N3O15. The largest absolute Gasteiger partial charge is 0.493 e. The minimum Gasteiger partial charge on any atom is -0.493 e. The number of carbonyl (C=O) groups excluding carboxylic acids is 6. The van der Waals surface area contributed by atoms with Crippen molar-refractivity contribution in [3.8, 4) is 29.1 Å². The maximum absolute atomic E-state index is 16.7. The highest BCUT2D eigenvalue weighted by molar-refractivity contribution is 6.23. The van der Waals surface area contributed by atoms with Crippen LogP contribution >= 0.6 is 0 Å². The Morgan fingerprint density at radius 2 is 1.42 bits per heavy atom. The number of imide groups is 1. The SMILES string of the molecule is COCCOC(=O)N1C(=O)[C@]2(c3cc(C#CCC(C(=O)OC)C(=O)OC)ccc31)C(C(=O)N1CCc3cc(OC)c(OC)cc3C1)[C@@H]1C(=O)O[C@@H](c3ccccc3)[C@@H](c3ccccc3)N1[C@H]2c1cccc(OCCO)c1. The Labute approximate surface area is 439 Å². The van der Waals surface area contributed by atoms with Gasteiger partial charge < -0.3 is 47.9 Å². The molecule has 1 N–H and O–H groups in total. The normalized spacial score (nSPS) is 21.4. The van der Waals surface area contributed by atoms with Gasteiger partial charge >= 0.3 is 24.0 Å². The number of esters is 3. The Kier molecular flexibility index (Phi) is 15.7. The number of aliphatic hydroxyl groups is 1. The van der Waals surface area contributed by atoms with E-state index in [-0.39, 0.29) is 62.8 Å². The van der Waals surface area contributed by atoms with Crippen LogP contribution in [0.15, 0.2) is 115 Å². The maximum atomic E-state index is 16.7. The van der Waals surface area contributed by atoms with Crippen molar-refractivity contribution < 1.29 is 71.8 Å². The molecule has 4 aliphatic rings. The molecule has 18 heteroatoms. The number of morpholine rings is 1. The molecule has 0 aliphatic carbocycles. The number of anilines is 1. The fourth-order valence-electron chi connectivity index (χ4n) is 11.2. The number of amides is 3. The number of aliphatic hydroxyl groups excluding tert-OH is 1. The molecule has 4 aliphatic heterocycles. The van der Waals surface area contributed by atoms with E-state index in [0.717, 1.165) is 30.2 Å². The molecule has 2 saturated heterocycles. The summed E-state index contributed by atoms with van der Waals surface area (Å²) in [5.41, 5.74) is 1.69. The lowest BCUT2D eigenvalue weighted by Crippen LogP contribution is -2.57. The first kappa shape index (κ1) is 52.6. The molecule has 4 heterocycles. The van der Waals surface area contributed by atoms with Crippen molar-refractivity contribution in [2.24, 2.45) is 11.8 Å². The van der Waals surface area contributed by atoms with Crippen LogP contribution in [0, 0.1) is 23.7 Å². The highest BCUT2D eigenvalue weighted by Gasteiger charge is 2.76. The van der Waals surface area contributed by atoms with Crippen LogP contribution in [0.2, 0.25) is 0 Å². The van der Waals surface area contributed by atoms with Crippen molar-refractivity contribution in [3.63, 3.8) is 0 Å². The van der Waals surface area contributed by atoms with Crippen molar-refractivity contribution in [3.05, 3.63) is 154 Å². The van der Waals surface area contributed by atoms with E-state index in [0.29, 0.717) is 40.4 Å². The van der Waals surface area contributed by atoms with Gasteiger partial charge in [0.15, 0.2) is 17.4 Å². The summed E-state index contributed by atoms with van der Waals surface area (Å²) in [6.07, 6.45) is -2.00. The van der Waals surface area contributed by atoms with Crippen molar-refractivity contribution in [1.29, 1.82) is 0 Å². The van der Waals surface area contributed by atoms with Crippen molar-refractivity contribution in [2.45, 2.75) is 49.0 Å². The van der Waals surface area contributed by atoms with Gasteiger partial charge in [0, 0.05) is 32.2 Å². The average molecular weight is 1040 g/mol. The van der Waals surface area contributed by atoms with E-state index in [1.807, 2.05) is 71.6 Å². The lowest BCUT2D eigenvalue weighted by Gasteiger charge is -2.46. The summed E-state index contributed by atoms with van der Waals surface area (Å²) in [5.74, 6) is 0.233. The molecule has 2 fully saturated rings. The summed E-state index contributed by atoms with van der Waals surface area (Å²) in [5, 5.41) is 9.90. The van der Waals surface area contributed by atoms with Gasteiger partial charge in [-0.15, -0.1) is 0 Å².